The van der Waals surface area contributed by atoms with Crippen LogP contribution in [0.4, 0.5) is 0 Å². The van der Waals surface area contributed by atoms with Crippen molar-refractivity contribution in [2.24, 2.45) is 0 Å². The zero-order valence-corrected chi connectivity index (χ0v) is 20.8. The molecule has 8 nitrogen and oxygen atoms in total. The van der Waals surface area contributed by atoms with Gasteiger partial charge in [0.1, 0.15) is 6.54 Å². The Labute approximate surface area is 210 Å². The zero-order chi connectivity index (χ0) is 25.3. The van der Waals surface area contributed by atoms with E-state index >= 15 is 0 Å². The summed E-state index contributed by atoms with van der Waals surface area (Å²) in [5, 5.41) is 0. The van der Waals surface area contributed by atoms with Gasteiger partial charge in [0.2, 0.25) is 15.9 Å². The van der Waals surface area contributed by atoms with Crippen molar-refractivity contribution in [2.75, 3.05) is 32.4 Å². The number of piperazine rings is 1. The van der Waals surface area contributed by atoms with E-state index in [1.54, 1.807) is 29.2 Å². The third-order valence-corrected chi connectivity index (χ3v) is 7.70. The molecule has 36 heavy (non-hydrogen) atoms. The van der Waals surface area contributed by atoms with Crippen LogP contribution in [0.2, 0.25) is 0 Å². The van der Waals surface area contributed by atoms with Gasteiger partial charge in [-0.15, -0.1) is 0 Å². The Kier molecular flexibility index (Phi) is 6.51. The van der Waals surface area contributed by atoms with Gasteiger partial charge in [-0.1, -0.05) is 72.8 Å². The molecule has 5 rings (SSSR count). The Morgan fingerprint density at radius 3 is 1.81 bits per heavy atom. The first kappa shape index (κ1) is 24.0. The molecule has 0 aliphatic carbocycles. The second kappa shape index (κ2) is 9.75. The Hall–Kier alpha value is -3.69. The van der Waals surface area contributed by atoms with Crippen molar-refractivity contribution in [1.82, 2.24) is 18.3 Å². The van der Waals surface area contributed by atoms with Crippen molar-refractivity contribution < 1.29 is 13.2 Å². The minimum Gasteiger partial charge on any atom is -0.339 e. The number of imidazole rings is 1. The normalized spacial score (nSPS) is 15.0. The van der Waals surface area contributed by atoms with E-state index in [2.05, 4.69) is 29.2 Å². The summed E-state index contributed by atoms with van der Waals surface area (Å²) in [6.45, 7) is 2.20. The summed E-state index contributed by atoms with van der Waals surface area (Å²) in [5.41, 5.74) is 2.37. The predicted octanol–water partition coefficient (Wildman–Crippen LogP) is 2.54. The lowest BCUT2D eigenvalue weighted by Gasteiger charge is -2.39. The molecule has 0 N–H and O–H groups in total. The van der Waals surface area contributed by atoms with Crippen molar-refractivity contribution in [3.8, 4) is 0 Å². The van der Waals surface area contributed by atoms with Crippen LogP contribution in [0.5, 0.6) is 0 Å². The fourth-order valence-corrected chi connectivity index (χ4v) is 5.90. The number of amides is 1. The number of carbonyl (C=O) groups is 1. The second-order valence-electron chi connectivity index (χ2n) is 9.03. The number of nitrogens with zero attached hydrogens (tertiary/aromatic N) is 4. The molecule has 1 aromatic heterocycles. The number of carbonyl (C=O) groups excluding carboxylic acids is 1. The van der Waals surface area contributed by atoms with Crippen molar-refractivity contribution in [1.29, 1.82) is 0 Å². The smallest absolute Gasteiger partial charge is 0.339 e. The van der Waals surface area contributed by atoms with Gasteiger partial charge >= 0.3 is 5.69 Å². The van der Waals surface area contributed by atoms with Crippen molar-refractivity contribution >= 4 is 27.0 Å². The van der Waals surface area contributed by atoms with Crippen LogP contribution in [-0.2, 0) is 21.4 Å². The van der Waals surface area contributed by atoms with Crippen LogP contribution in [0.3, 0.4) is 0 Å². The van der Waals surface area contributed by atoms with Crippen molar-refractivity contribution in [3.63, 3.8) is 0 Å². The van der Waals surface area contributed by atoms with E-state index in [1.165, 1.54) is 15.7 Å². The molecule has 3 aromatic carbocycles. The first-order valence-corrected chi connectivity index (χ1v) is 13.7. The number of para-hydroxylation sites is 2. The molecule has 4 aromatic rings. The summed E-state index contributed by atoms with van der Waals surface area (Å²) in [5.74, 6) is -0.205. The number of aromatic nitrogens is 2. The lowest BCUT2D eigenvalue weighted by atomic mass is 9.96. The van der Waals surface area contributed by atoms with E-state index in [-0.39, 0.29) is 24.0 Å². The molecular weight excluding hydrogens is 476 g/mol. The molecule has 0 radical (unpaired) electrons. The maximum absolute atomic E-state index is 13.2. The summed E-state index contributed by atoms with van der Waals surface area (Å²) in [4.78, 5) is 30.3. The highest BCUT2D eigenvalue weighted by Crippen LogP contribution is 2.29. The second-order valence-corrected chi connectivity index (χ2v) is 10.9. The highest BCUT2D eigenvalue weighted by molar-refractivity contribution is 7.89. The molecule has 1 amide bonds. The first-order chi connectivity index (χ1) is 17.3. The summed E-state index contributed by atoms with van der Waals surface area (Å²) in [6, 6.07) is 27.4. The van der Waals surface area contributed by atoms with E-state index in [0.717, 1.165) is 10.2 Å². The molecule has 1 aliphatic heterocycles. The van der Waals surface area contributed by atoms with E-state index in [0.29, 0.717) is 31.7 Å². The van der Waals surface area contributed by atoms with Gasteiger partial charge in [-0.3, -0.25) is 14.3 Å². The van der Waals surface area contributed by atoms with Gasteiger partial charge in [0.05, 0.1) is 23.3 Å². The van der Waals surface area contributed by atoms with E-state index in [1.807, 2.05) is 36.4 Å². The third-order valence-electron chi connectivity index (χ3n) is 6.68. The van der Waals surface area contributed by atoms with Gasteiger partial charge < -0.3 is 4.90 Å². The molecule has 0 unspecified atom stereocenters. The van der Waals surface area contributed by atoms with E-state index < -0.39 is 15.7 Å². The third kappa shape index (κ3) is 4.59. The average molecular weight is 505 g/mol. The molecule has 1 saturated heterocycles. The number of rotatable bonds is 6. The summed E-state index contributed by atoms with van der Waals surface area (Å²) < 4.78 is 26.5. The highest BCUT2D eigenvalue weighted by Gasteiger charge is 2.29. The van der Waals surface area contributed by atoms with Crippen LogP contribution in [0.15, 0.2) is 89.7 Å². The molecule has 9 heteroatoms. The van der Waals surface area contributed by atoms with Crippen LogP contribution in [-0.4, -0.2) is 65.1 Å². The Morgan fingerprint density at radius 2 is 1.28 bits per heavy atom. The molecule has 0 bridgehead atoms. The SMILES string of the molecule is CS(=O)(=O)n1c(=O)n(CC(=O)N2CCN(C(c3ccccc3)c3ccccc3)CC2)c2ccccc21. The molecule has 0 spiro atoms. The van der Waals surface area contributed by atoms with Gasteiger partial charge in [-0.25, -0.2) is 13.2 Å². The van der Waals surface area contributed by atoms with Crippen LogP contribution < -0.4 is 5.69 Å². The fourth-order valence-electron chi connectivity index (χ4n) is 5.00. The molecule has 1 fully saturated rings. The molecule has 0 atom stereocenters. The molecule has 2 heterocycles. The van der Waals surface area contributed by atoms with Crippen LogP contribution >= 0.6 is 0 Å². The van der Waals surface area contributed by atoms with Gasteiger partial charge in [-0.05, 0) is 23.3 Å². The first-order valence-electron chi connectivity index (χ1n) is 11.9. The monoisotopic (exact) mass is 504 g/mol. The largest absolute Gasteiger partial charge is 0.343 e. The number of benzene rings is 3. The average Bonchev–Trinajstić information content (AvgIpc) is 3.17. The maximum atomic E-state index is 13.2. The number of hydrogen-bond acceptors (Lipinski definition) is 5. The topological polar surface area (TPSA) is 84.6 Å². The molecule has 1 aliphatic rings. The maximum Gasteiger partial charge on any atom is 0.343 e. The standard InChI is InChI=1S/C27H28N4O4S/c1-36(34,35)31-24-15-9-8-14-23(24)30(27(31)33)20-25(32)28-16-18-29(19-17-28)26(21-10-4-2-5-11-21)22-12-6-3-7-13-22/h2-15,26H,16-20H2,1H3. The minimum absolute atomic E-state index is 0.0833. The zero-order valence-electron chi connectivity index (χ0n) is 20.0. The summed E-state index contributed by atoms with van der Waals surface area (Å²) in [6.07, 6.45) is 0.988. The Morgan fingerprint density at radius 1 is 0.778 bits per heavy atom. The Bertz CT molecular complexity index is 1500. The number of hydrogen-bond donors (Lipinski definition) is 0. The molecule has 186 valence electrons. The number of fused-ring (bicyclic) bond motifs is 1. The predicted molar refractivity (Wildman–Crippen MR) is 139 cm³/mol. The fraction of sp³-hybridized carbons (Fsp3) is 0.259. The van der Waals surface area contributed by atoms with Gasteiger partial charge in [-0.2, -0.15) is 3.97 Å². The minimum atomic E-state index is -3.82. The summed E-state index contributed by atoms with van der Waals surface area (Å²) >= 11 is 0. The lowest BCUT2D eigenvalue weighted by molar-refractivity contribution is -0.133. The molecule has 0 saturated carbocycles. The lowest BCUT2D eigenvalue weighted by Crippen LogP contribution is -2.51. The van der Waals surface area contributed by atoms with Crippen LogP contribution in [0.25, 0.3) is 11.0 Å². The quantitative estimate of drug-likeness (QED) is 0.403. The van der Waals surface area contributed by atoms with Gasteiger partial charge in [0.15, 0.2) is 0 Å². The van der Waals surface area contributed by atoms with Gasteiger partial charge in [0.25, 0.3) is 0 Å². The Balaban J connectivity index is 1.35. The van der Waals surface area contributed by atoms with E-state index in [9.17, 15) is 18.0 Å². The van der Waals surface area contributed by atoms with Crippen LogP contribution in [0.1, 0.15) is 17.2 Å². The van der Waals surface area contributed by atoms with Gasteiger partial charge in [0, 0.05) is 26.2 Å². The molecular formula is C27H28N4O4S. The van der Waals surface area contributed by atoms with E-state index in [4.69, 9.17) is 0 Å². The van der Waals surface area contributed by atoms with Crippen molar-refractivity contribution in [3.05, 3.63) is 107 Å². The highest BCUT2D eigenvalue weighted by atomic mass is 32.2. The van der Waals surface area contributed by atoms with Crippen LogP contribution in [0, 0.1) is 0 Å². The van der Waals surface area contributed by atoms with Crippen molar-refractivity contribution in [2.45, 2.75) is 12.6 Å². The summed E-state index contributed by atoms with van der Waals surface area (Å²) in [7, 11) is -3.82.